The van der Waals surface area contributed by atoms with Crippen LogP contribution in [0.1, 0.15) is 54.5 Å². The van der Waals surface area contributed by atoms with Gasteiger partial charge in [-0.25, -0.2) is 0 Å². The highest BCUT2D eigenvalue weighted by atomic mass is 14.3. The van der Waals surface area contributed by atoms with Crippen molar-refractivity contribution in [1.29, 1.82) is 0 Å². The lowest BCUT2D eigenvalue weighted by Crippen LogP contribution is -2.20. The zero-order chi connectivity index (χ0) is 20.4. The van der Waals surface area contributed by atoms with Crippen molar-refractivity contribution in [3.63, 3.8) is 0 Å². The number of allylic oxidation sites excluding steroid dienone is 4. The van der Waals surface area contributed by atoms with Crippen LogP contribution < -0.4 is 0 Å². The molecule has 29 heavy (non-hydrogen) atoms. The summed E-state index contributed by atoms with van der Waals surface area (Å²) in [5.74, 6) is 0. The first-order valence-electron chi connectivity index (χ1n) is 10.6. The second kappa shape index (κ2) is 7.87. The average Bonchev–Trinajstić information content (AvgIpc) is 2.75. The van der Waals surface area contributed by atoms with E-state index in [4.69, 9.17) is 0 Å². The van der Waals surface area contributed by atoms with Crippen LogP contribution in [0.2, 0.25) is 0 Å². The second-order valence-corrected chi connectivity index (χ2v) is 8.74. The molecule has 4 rings (SSSR count). The highest BCUT2D eigenvalue weighted by Crippen LogP contribution is 2.36. The Hall–Kier alpha value is -2.86. The topological polar surface area (TPSA) is 0 Å². The van der Waals surface area contributed by atoms with Crippen LogP contribution in [0.5, 0.6) is 0 Å². The molecular formula is C29H30. The fourth-order valence-electron chi connectivity index (χ4n) is 4.36. The second-order valence-electron chi connectivity index (χ2n) is 8.74. The Labute approximate surface area is 175 Å². The van der Waals surface area contributed by atoms with Crippen molar-refractivity contribution in [2.45, 2.75) is 46.0 Å². The lowest BCUT2D eigenvalue weighted by Gasteiger charge is -2.29. The summed E-state index contributed by atoms with van der Waals surface area (Å²) in [6.45, 7) is 9.05. The van der Waals surface area contributed by atoms with Gasteiger partial charge < -0.3 is 0 Å². The molecule has 0 fully saturated rings. The maximum Gasteiger partial charge on any atom is 0.0149 e. The van der Waals surface area contributed by atoms with Crippen LogP contribution in [0.3, 0.4) is 0 Å². The van der Waals surface area contributed by atoms with E-state index in [9.17, 15) is 0 Å². The van der Waals surface area contributed by atoms with Crippen molar-refractivity contribution in [1.82, 2.24) is 0 Å². The van der Waals surface area contributed by atoms with Crippen LogP contribution >= 0.6 is 0 Å². The molecule has 0 bridgehead atoms. The van der Waals surface area contributed by atoms with E-state index in [1.807, 2.05) is 0 Å². The van der Waals surface area contributed by atoms with Gasteiger partial charge in [0.15, 0.2) is 0 Å². The van der Waals surface area contributed by atoms with Crippen molar-refractivity contribution in [3.8, 4) is 11.1 Å². The zero-order valence-electron chi connectivity index (χ0n) is 18.0. The predicted octanol–water partition coefficient (Wildman–Crippen LogP) is 8.03. The SMILES string of the molecule is Cc1cccc(-c2ccc(C(C)(C)c3cc(C4=CCCC=C4)ccc3C)cc2)c1. The van der Waals surface area contributed by atoms with E-state index in [1.165, 1.54) is 44.5 Å². The Bertz CT molecular complexity index is 1080. The third kappa shape index (κ3) is 3.98. The highest BCUT2D eigenvalue weighted by molar-refractivity contribution is 5.75. The molecule has 0 atom stereocenters. The first kappa shape index (κ1) is 19.5. The minimum atomic E-state index is -0.0514. The third-order valence-corrected chi connectivity index (χ3v) is 6.20. The maximum atomic E-state index is 2.39. The summed E-state index contributed by atoms with van der Waals surface area (Å²) in [7, 11) is 0. The number of benzene rings is 3. The van der Waals surface area contributed by atoms with E-state index in [1.54, 1.807) is 0 Å². The van der Waals surface area contributed by atoms with Crippen molar-refractivity contribution in [3.05, 3.63) is 113 Å². The Kier molecular flexibility index (Phi) is 5.28. The average molecular weight is 379 g/mol. The fraction of sp³-hybridized carbons (Fsp3) is 0.241. The molecule has 1 aliphatic rings. The molecule has 1 aliphatic carbocycles. The molecule has 0 spiro atoms. The van der Waals surface area contributed by atoms with Crippen LogP contribution in [0.15, 0.2) is 85.0 Å². The fourth-order valence-corrected chi connectivity index (χ4v) is 4.36. The molecule has 0 heteroatoms. The summed E-state index contributed by atoms with van der Waals surface area (Å²) in [5.41, 5.74) is 10.6. The van der Waals surface area contributed by atoms with Gasteiger partial charge in [-0.2, -0.15) is 0 Å². The Morgan fingerprint density at radius 3 is 2.17 bits per heavy atom. The van der Waals surface area contributed by atoms with Crippen molar-refractivity contribution in [2.24, 2.45) is 0 Å². The summed E-state index contributed by atoms with van der Waals surface area (Å²) in [6, 6.07) is 24.8. The monoisotopic (exact) mass is 378 g/mol. The largest absolute Gasteiger partial charge is 0.0836 e. The standard InChI is InChI=1S/C29H30/c1-21-9-8-12-25(19-21)24-15-17-27(18-16-24)29(3,4)28-20-26(14-13-22(28)2)23-10-6-5-7-11-23/h6,8-20H,5,7H2,1-4H3. The normalized spacial score (nSPS) is 14.0. The van der Waals surface area contributed by atoms with Crippen LogP contribution in [0.25, 0.3) is 16.7 Å². The van der Waals surface area contributed by atoms with Gasteiger partial charge in [0.05, 0.1) is 0 Å². The van der Waals surface area contributed by atoms with E-state index in [-0.39, 0.29) is 5.41 Å². The van der Waals surface area contributed by atoms with Crippen LogP contribution in [-0.4, -0.2) is 0 Å². The van der Waals surface area contributed by atoms with E-state index in [0.717, 1.165) is 12.8 Å². The summed E-state index contributed by atoms with van der Waals surface area (Å²) >= 11 is 0. The maximum absolute atomic E-state index is 2.39. The number of rotatable bonds is 4. The summed E-state index contributed by atoms with van der Waals surface area (Å²) in [4.78, 5) is 0. The summed E-state index contributed by atoms with van der Waals surface area (Å²) in [6.07, 6.45) is 9.20. The molecule has 3 aromatic carbocycles. The molecule has 0 aliphatic heterocycles. The quantitative estimate of drug-likeness (QED) is 0.431. The van der Waals surface area contributed by atoms with Gasteiger partial charge in [-0.15, -0.1) is 0 Å². The van der Waals surface area contributed by atoms with Gasteiger partial charge in [-0.1, -0.05) is 104 Å². The lowest BCUT2D eigenvalue weighted by molar-refractivity contribution is 0.636. The van der Waals surface area contributed by atoms with Crippen LogP contribution in [-0.2, 0) is 5.41 Å². The molecule has 3 aromatic rings. The molecule has 0 unspecified atom stereocenters. The van der Waals surface area contributed by atoms with Crippen LogP contribution in [0, 0.1) is 13.8 Å². The molecule has 0 radical (unpaired) electrons. The zero-order valence-corrected chi connectivity index (χ0v) is 18.0. The van der Waals surface area contributed by atoms with Gasteiger partial charge in [-0.3, -0.25) is 0 Å². The van der Waals surface area contributed by atoms with Gasteiger partial charge in [0.1, 0.15) is 0 Å². The molecule has 0 heterocycles. The number of hydrogen-bond acceptors (Lipinski definition) is 0. The summed E-state index contributed by atoms with van der Waals surface area (Å²) < 4.78 is 0. The predicted molar refractivity (Wildman–Crippen MR) is 126 cm³/mol. The molecule has 0 nitrogen and oxygen atoms in total. The van der Waals surface area contributed by atoms with E-state index in [0.29, 0.717) is 0 Å². The third-order valence-electron chi connectivity index (χ3n) is 6.20. The Morgan fingerprint density at radius 1 is 0.724 bits per heavy atom. The van der Waals surface area contributed by atoms with Gasteiger partial charge in [0, 0.05) is 5.41 Å². The molecular weight excluding hydrogens is 348 g/mol. The lowest BCUT2D eigenvalue weighted by atomic mass is 9.75. The molecule has 0 N–H and O–H groups in total. The summed E-state index contributed by atoms with van der Waals surface area (Å²) in [5, 5.41) is 0. The molecule has 0 aromatic heterocycles. The Morgan fingerprint density at radius 2 is 1.48 bits per heavy atom. The van der Waals surface area contributed by atoms with Gasteiger partial charge in [0.2, 0.25) is 0 Å². The number of hydrogen-bond donors (Lipinski definition) is 0. The van der Waals surface area contributed by atoms with Gasteiger partial charge in [-0.05, 0) is 65.6 Å². The first-order valence-corrected chi connectivity index (χ1v) is 10.6. The van der Waals surface area contributed by atoms with Crippen molar-refractivity contribution >= 4 is 5.57 Å². The molecule has 0 amide bonds. The smallest absolute Gasteiger partial charge is 0.0149 e. The van der Waals surface area contributed by atoms with Crippen LogP contribution in [0.4, 0.5) is 0 Å². The highest BCUT2D eigenvalue weighted by Gasteiger charge is 2.25. The van der Waals surface area contributed by atoms with E-state index in [2.05, 4.69) is 113 Å². The molecule has 0 saturated carbocycles. The number of aryl methyl sites for hydroxylation is 2. The molecule has 0 saturated heterocycles. The van der Waals surface area contributed by atoms with E-state index >= 15 is 0 Å². The minimum Gasteiger partial charge on any atom is -0.0836 e. The Balaban J connectivity index is 1.69. The van der Waals surface area contributed by atoms with Gasteiger partial charge in [0.25, 0.3) is 0 Å². The van der Waals surface area contributed by atoms with Gasteiger partial charge >= 0.3 is 0 Å². The van der Waals surface area contributed by atoms with E-state index < -0.39 is 0 Å². The first-order chi connectivity index (χ1) is 13.9. The molecule has 146 valence electrons. The minimum absolute atomic E-state index is 0.0514. The van der Waals surface area contributed by atoms with Crippen molar-refractivity contribution in [2.75, 3.05) is 0 Å². The van der Waals surface area contributed by atoms with Crippen molar-refractivity contribution < 1.29 is 0 Å².